The number of benzene rings is 1. The molecule has 3 N–H and O–H groups in total. The molecule has 0 aliphatic heterocycles. The first kappa shape index (κ1) is 16.7. The summed E-state index contributed by atoms with van der Waals surface area (Å²) < 4.78 is 5.11. The Morgan fingerprint density at radius 3 is 2.92 bits per heavy atom. The summed E-state index contributed by atoms with van der Waals surface area (Å²) in [5, 5.41) is 13.0. The highest BCUT2D eigenvalue weighted by Gasteiger charge is 2.18. The molecule has 8 nitrogen and oxygen atoms in total. The van der Waals surface area contributed by atoms with E-state index in [1.165, 1.54) is 5.38 Å². The summed E-state index contributed by atoms with van der Waals surface area (Å²) in [6.07, 6.45) is 0. The number of carbonyl (C=O) groups excluding carboxylic acids is 1. The lowest BCUT2D eigenvalue weighted by Crippen LogP contribution is -2.27. The third-order valence-electron chi connectivity index (χ3n) is 3.48. The van der Waals surface area contributed by atoms with E-state index in [4.69, 9.17) is 9.84 Å². The van der Waals surface area contributed by atoms with Gasteiger partial charge in [-0.25, -0.2) is 9.78 Å². The molecule has 0 aliphatic rings. The zero-order chi connectivity index (χ0) is 18.0. The summed E-state index contributed by atoms with van der Waals surface area (Å²) in [6.45, 7) is 0.225. The van der Waals surface area contributed by atoms with Crippen LogP contribution < -0.4 is 15.6 Å². The molecule has 0 atom stereocenters. The third kappa shape index (κ3) is 3.36. The van der Waals surface area contributed by atoms with Crippen molar-refractivity contribution in [3.05, 3.63) is 57.0 Å². The SMILES string of the molecule is COc1cccc(CNC(=O)c2nc3scc(C(=O)O)c3c(=O)[nH]2)c1. The van der Waals surface area contributed by atoms with Gasteiger partial charge in [0.25, 0.3) is 11.5 Å². The molecule has 2 heterocycles. The van der Waals surface area contributed by atoms with Crippen molar-refractivity contribution in [2.24, 2.45) is 0 Å². The van der Waals surface area contributed by atoms with Gasteiger partial charge in [-0.15, -0.1) is 11.3 Å². The number of carboxylic acid groups (broad SMARTS) is 1. The lowest BCUT2D eigenvalue weighted by molar-refractivity contribution is 0.0699. The predicted octanol–water partition coefficient (Wildman–Crippen LogP) is 1.62. The average molecular weight is 359 g/mol. The standard InChI is InChI=1S/C16H13N3O5S/c1-24-9-4-2-3-8(5-9)6-17-14(21)12-18-13(20)11-10(16(22)23)7-25-15(11)19-12/h2-5,7H,6H2,1H3,(H,17,21)(H,22,23)(H,18,19,20). The molecule has 2 aromatic heterocycles. The number of thiophene rings is 1. The Kier molecular flexibility index (Phi) is 4.48. The molecule has 25 heavy (non-hydrogen) atoms. The number of hydrogen-bond acceptors (Lipinski definition) is 6. The monoisotopic (exact) mass is 359 g/mol. The van der Waals surface area contributed by atoms with Crippen LogP contribution >= 0.6 is 11.3 Å². The van der Waals surface area contributed by atoms with E-state index in [2.05, 4.69) is 15.3 Å². The minimum Gasteiger partial charge on any atom is -0.497 e. The predicted molar refractivity (Wildman–Crippen MR) is 91.4 cm³/mol. The Labute approximate surface area is 145 Å². The molecular weight excluding hydrogens is 346 g/mol. The molecule has 1 aromatic carbocycles. The zero-order valence-corrected chi connectivity index (χ0v) is 13.8. The molecule has 0 spiro atoms. The molecule has 3 aromatic rings. The number of ether oxygens (including phenoxy) is 1. The van der Waals surface area contributed by atoms with Gasteiger partial charge in [0.1, 0.15) is 10.6 Å². The summed E-state index contributed by atoms with van der Waals surface area (Å²) in [5.41, 5.74) is 0.0349. The van der Waals surface area contributed by atoms with Gasteiger partial charge in [0.15, 0.2) is 0 Å². The van der Waals surface area contributed by atoms with Crippen molar-refractivity contribution in [2.45, 2.75) is 6.54 Å². The zero-order valence-electron chi connectivity index (χ0n) is 13.0. The van der Waals surface area contributed by atoms with Gasteiger partial charge in [-0.1, -0.05) is 12.1 Å². The number of carboxylic acids is 1. The molecule has 0 saturated carbocycles. The number of nitrogens with one attached hydrogen (secondary N) is 2. The number of amides is 1. The van der Waals surface area contributed by atoms with E-state index in [9.17, 15) is 14.4 Å². The van der Waals surface area contributed by atoms with Crippen LogP contribution in [0.15, 0.2) is 34.4 Å². The lowest BCUT2D eigenvalue weighted by Gasteiger charge is -2.06. The molecule has 9 heteroatoms. The number of aromatic nitrogens is 2. The Morgan fingerprint density at radius 1 is 1.40 bits per heavy atom. The van der Waals surface area contributed by atoms with Crippen molar-refractivity contribution < 1.29 is 19.4 Å². The van der Waals surface area contributed by atoms with Gasteiger partial charge >= 0.3 is 5.97 Å². The van der Waals surface area contributed by atoms with Gasteiger partial charge in [0, 0.05) is 11.9 Å². The minimum absolute atomic E-state index is 0.0261. The summed E-state index contributed by atoms with van der Waals surface area (Å²) in [4.78, 5) is 42.0. The van der Waals surface area contributed by atoms with Crippen molar-refractivity contribution in [2.75, 3.05) is 7.11 Å². The van der Waals surface area contributed by atoms with Crippen LogP contribution in [0.5, 0.6) is 5.75 Å². The normalized spacial score (nSPS) is 10.6. The lowest BCUT2D eigenvalue weighted by atomic mass is 10.2. The highest BCUT2D eigenvalue weighted by molar-refractivity contribution is 7.17. The van der Waals surface area contributed by atoms with Crippen LogP contribution in [0.25, 0.3) is 10.2 Å². The van der Waals surface area contributed by atoms with Crippen molar-refractivity contribution >= 4 is 33.4 Å². The molecule has 0 aliphatic carbocycles. The van der Waals surface area contributed by atoms with Gasteiger partial charge in [0.2, 0.25) is 5.82 Å². The van der Waals surface area contributed by atoms with Crippen LogP contribution in [-0.2, 0) is 6.54 Å². The molecule has 1 amide bonds. The number of H-pyrrole nitrogens is 1. The highest BCUT2D eigenvalue weighted by Crippen LogP contribution is 2.20. The van der Waals surface area contributed by atoms with Gasteiger partial charge in [-0.3, -0.25) is 9.59 Å². The smallest absolute Gasteiger partial charge is 0.337 e. The second kappa shape index (κ2) is 6.73. The maximum Gasteiger partial charge on any atom is 0.337 e. The summed E-state index contributed by atoms with van der Waals surface area (Å²) >= 11 is 0.999. The Balaban J connectivity index is 1.82. The number of rotatable bonds is 5. The van der Waals surface area contributed by atoms with Gasteiger partial charge in [-0.05, 0) is 17.7 Å². The Bertz CT molecular complexity index is 1020. The molecule has 0 radical (unpaired) electrons. The fourth-order valence-corrected chi connectivity index (χ4v) is 3.18. The Hall–Kier alpha value is -3.20. The molecule has 0 unspecified atom stereocenters. The first-order valence-electron chi connectivity index (χ1n) is 7.15. The number of carbonyl (C=O) groups is 2. The van der Waals surface area contributed by atoms with Crippen LogP contribution in [0, 0.1) is 0 Å². The average Bonchev–Trinajstić information content (AvgIpc) is 3.04. The topological polar surface area (TPSA) is 121 Å². The first-order valence-corrected chi connectivity index (χ1v) is 8.03. The molecular formula is C16H13N3O5S. The van der Waals surface area contributed by atoms with Crippen molar-refractivity contribution in [1.29, 1.82) is 0 Å². The number of aromatic carboxylic acids is 1. The molecule has 3 rings (SSSR count). The maximum atomic E-state index is 12.2. The summed E-state index contributed by atoms with van der Waals surface area (Å²) in [7, 11) is 1.55. The van der Waals surface area contributed by atoms with Crippen molar-refractivity contribution in [3.63, 3.8) is 0 Å². The van der Waals surface area contributed by atoms with Crippen molar-refractivity contribution in [3.8, 4) is 5.75 Å². The van der Waals surface area contributed by atoms with Crippen LogP contribution in [0.3, 0.4) is 0 Å². The Morgan fingerprint density at radius 2 is 2.20 bits per heavy atom. The van der Waals surface area contributed by atoms with Gasteiger partial charge in [-0.2, -0.15) is 0 Å². The molecule has 0 fully saturated rings. The van der Waals surface area contributed by atoms with E-state index < -0.39 is 17.4 Å². The minimum atomic E-state index is -1.21. The molecule has 128 valence electrons. The van der Waals surface area contributed by atoms with Crippen LogP contribution in [-0.4, -0.2) is 34.1 Å². The van der Waals surface area contributed by atoms with E-state index in [-0.39, 0.29) is 28.1 Å². The van der Waals surface area contributed by atoms with Gasteiger partial charge in [0.05, 0.1) is 18.1 Å². The maximum absolute atomic E-state index is 12.2. The second-order valence-electron chi connectivity index (χ2n) is 5.08. The summed E-state index contributed by atoms with van der Waals surface area (Å²) in [6, 6.07) is 7.18. The number of nitrogens with zero attached hydrogens (tertiary/aromatic N) is 1. The van der Waals surface area contributed by atoms with E-state index >= 15 is 0 Å². The van der Waals surface area contributed by atoms with Crippen molar-refractivity contribution in [1.82, 2.24) is 15.3 Å². The highest BCUT2D eigenvalue weighted by atomic mass is 32.1. The van der Waals surface area contributed by atoms with E-state index in [1.807, 2.05) is 6.07 Å². The van der Waals surface area contributed by atoms with Crippen LogP contribution in [0.2, 0.25) is 0 Å². The second-order valence-corrected chi connectivity index (χ2v) is 5.94. The first-order chi connectivity index (χ1) is 12.0. The number of fused-ring (bicyclic) bond motifs is 1. The fourth-order valence-electron chi connectivity index (χ4n) is 2.26. The van der Waals surface area contributed by atoms with E-state index in [0.717, 1.165) is 16.9 Å². The third-order valence-corrected chi connectivity index (χ3v) is 4.35. The van der Waals surface area contributed by atoms with Crippen LogP contribution in [0.4, 0.5) is 0 Å². The number of hydrogen-bond donors (Lipinski definition) is 3. The molecule has 0 bridgehead atoms. The van der Waals surface area contributed by atoms with E-state index in [0.29, 0.717) is 5.75 Å². The van der Waals surface area contributed by atoms with Crippen LogP contribution in [0.1, 0.15) is 26.5 Å². The summed E-state index contributed by atoms with van der Waals surface area (Å²) in [5.74, 6) is -1.28. The largest absolute Gasteiger partial charge is 0.497 e. The number of methoxy groups -OCH3 is 1. The van der Waals surface area contributed by atoms with E-state index in [1.54, 1.807) is 25.3 Å². The number of aromatic amines is 1. The fraction of sp³-hybridized carbons (Fsp3) is 0.125. The molecule has 0 saturated heterocycles. The van der Waals surface area contributed by atoms with Gasteiger partial charge < -0.3 is 20.1 Å². The quantitative estimate of drug-likeness (QED) is 0.636.